The first-order valence-corrected chi connectivity index (χ1v) is 29.6. The Morgan fingerprint density at radius 2 is 0.973 bits per heavy atom. The Hall–Kier alpha value is -6.79. The molecule has 388 valence electrons. The normalized spacial score (nSPS) is 11.9. The van der Waals surface area contributed by atoms with Gasteiger partial charge in [0.05, 0.1) is 44.4 Å². The molecule has 4 rings (SSSR count). The number of nitrogen functional groups attached to an aromatic ring is 1. The summed E-state index contributed by atoms with van der Waals surface area (Å²) >= 11 is 12.5. The van der Waals surface area contributed by atoms with Crippen molar-refractivity contribution in [2.75, 3.05) is 23.8 Å². The molecular weight excluding hydrogens is 1000 g/mol. The summed E-state index contributed by atoms with van der Waals surface area (Å²) in [4.78, 5) is 48.0. The van der Waals surface area contributed by atoms with Gasteiger partial charge in [-0.2, -0.15) is 21.0 Å². The predicted molar refractivity (Wildman–Crippen MR) is 289 cm³/mol. The number of nitrogens with two attached hydrogens (primary N) is 1. The molecule has 0 bridgehead atoms. The smallest absolute Gasteiger partial charge is 0.326 e. The van der Waals surface area contributed by atoms with E-state index in [1.807, 2.05) is 29.7 Å². The zero-order valence-electron chi connectivity index (χ0n) is 43.4. The molecule has 0 spiro atoms. The molecule has 4 aromatic rings. The molecule has 0 heterocycles. The van der Waals surface area contributed by atoms with E-state index in [0.717, 1.165) is 0 Å². The van der Waals surface area contributed by atoms with Crippen molar-refractivity contribution in [2.45, 2.75) is 117 Å². The highest BCUT2D eigenvalue weighted by atomic mass is 35.5. The van der Waals surface area contributed by atoms with Crippen molar-refractivity contribution in [2.24, 2.45) is 5.84 Å². The lowest BCUT2D eigenvalue weighted by Gasteiger charge is -2.36. The standard InChI is InChI=1S/C26H32ClN5O3Si.C18H27ClN2O3Si.C8H7N3O/c1-17-21(12-11-20(16-29)23(17)27)30-22(13-14-35-36(5,6)26(2,3)4)25(34)32-31-24(33)19-9-7-18(15-28)8-10-19;1-12-14(8-7-13(11-20)16(12)19)21-15(17(22)23)9-10-24-25(5,6)18(2,3)4;9-5-6-1-3-7(4-2-6)8(12)11-10/h7-12,22,30H,13-14H2,1-6H3,(H,31,33)(H,32,34);7-8,15,21H,9-10H2,1-6H3,(H,22,23);1-4H,10H2,(H,11,12)/t22-;15-;/m11./s1. The van der Waals surface area contributed by atoms with Crippen LogP contribution in [0.3, 0.4) is 0 Å². The number of carboxylic acids is 1. The van der Waals surface area contributed by atoms with E-state index >= 15 is 0 Å². The van der Waals surface area contributed by atoms with Crippen LogP contribution in [0.4, 0.5) is 11.4 Å². The number of nitrogens with zero attached hydrogens (tertiary/aromatic N) is 4. The number of halogens is 2. The van der Waals surface area contributed by atoms with Crippen molar-refractivity contribution in [1.29, 1.82) is 21.0 Å². The van der Waals surface area contributed by atoms with Crippen LogP contribution in [0.5, 0.6) is 0 Å². The van der Waals surface area contributed by atoms with Gasteiger partial charge >= 0.3 is 5.97 Å². The zero-order valence-corrected chi connectivity index (χ0v) is 46.9. The zero-order chi connectivity index (χ0) is 55.5. The molecule has 0 aromatic heterocycles. The van der Waals surface area contributed by atoms with Gasteiger partial charge in [0.2, 0.25) is 0 Å². The highest BCUT2D eigenvalue weighted by molar-refractivity contribution is 6.74. The summed E-state index contributed by atoms with van der Waals surface area (Å²) in [7, 11) is -3.94. The summed E-state index contributed by atoms with van der Waals surface area (Å²) in [6.07, 6.45) is 0.682. The molecular formula is C52H66Cl2N10O7Si2. The maximum atomic E-state index is 13.1. The Bertz CT molecular complexity index is 2750. The van der Waals surface area contributed by atoms with Crippen LogP contribution >= 0.6 is 23.2 Å². The summed E-state index contributed by atoms with van der Waals surface area (Å²) in [6, 6.07) is 25.3. The van der Waals surface area contributed by atoms with E-state index in [9.17, 15) is 29.5 Å². The molecule has 8 N–H and O–H groups in total. The van der Waals surface area contributed by atoms with Crippen LogP contribution in [-0.2, 0) is 18.4 Å². The quantitative estimate of drug-likeness (QED) is 0.0238. The van der Waals surface area contributed by atoms with E-state index in [-0.39, 0.29) is 16.0 Å². The van der Waals surface area contributed by atoms with E-state index in [2.05, 4.69) is 89.2 Å². The van der Waals surface area contributed by atoms with Gasteiger partial charge < -0.3 is 24.6 Å². The number of aliphatic carboxylic acids is 1. The lowest BCUT2D eigenvalue weighted by molar-refractivity contribution is -0.138. The fourth-order valence-electron chi connectivity index (χ4n) is 5.81. The van der Waals surface area contributed by atoms with Crippen molar-refractivity contribution in [3.8, 4) is 24.3 Å². The Kier molecular flexibility index (Phi) is 23.8. The Morgan fingerprint density at radius 3 is 1.32 bits per heavy atom. The number of amides is 3. The molecule has 2 atom stereocenters. The van der Waals surface area contributed by atoms with Crippen LogP contribution in [0.2, 0.25) is 46.3 Å². The molecule has 17 nitrogen and oxygen atoms in total. The lowest BCUT2D eigenvalue weighted by Crippen LogP contribution is -2.49. The molecule has 0 aliphatic heterocycles. The Labute approximate surface area is 441 Å². The van der Waals surface area contributed by atoms with Crippen LogP contribution in [-0.4, -0.2) is 70.7 Å². The number of nitrogens with one attached hydrogen (secondary N) is 5. The second-order valence-corrected chi connectivity index (χ2v) is 30.1. The number of nitriles is 4. The van der Waals surface area contributed by atoms with E-state index in [0.29, 0.717) is 92.0 Å². The first-order chi connectivity index (χ1) is 34.0. The molecule has 0 fully saturated rings. The summed E-state index contributed by atoms with van der Waals surface area (Å²) < 4.78 is 12.3. The van der Waals surface area contributed by atoms with E-state index in [1.54, 1.807) is 62.4 Å². The minimum Gasteiger partial charge on any atom is -0.480 e. The highest BCUT2D eigenvalue weighted by Crippen LogP contribution is 2.38. The molecule has 21 heteroatoms. The van der Waals surface area contributed by atoms with Gasteiger partial charge in [0.1, 0.15) is 24.2 Å². The van der Waals surface area contributed by atoms with Gasteiger partial charge in [-0.1, -0.05) is 64.7 Å². The number of hydrazine groups is 2. The molecule has 0 radical (unpaired) electrons. The van der Waals surface area contributed by atoms with Crippen molar-refractivity contribution in [1.82, 2.24) is 16.3 Å². The first-order valence-electron chi connectivity index (χ1n) is 23.0. The average molecular weight is 1070 g/mol. The Morgan fingerprint density at radius 1 is 0.603 bits per heavy atom. The third-order valence-electron chi connectivity index (χ3n) is 12.6. The third-order valence-corrected chi connectivity index (χ3v) is 22.7. The predicted octanol–water partition coefficient (Wildman–Crippen LogP) is 10.0. The summed E-state index contributed by atoms with van der Waals surface area (Å²) in [5.74, 6) is 2.63. The molecule has 0 saturated carbocycles. The number of anilines is 2. The van der Waals surface area contributed by atoms with Gasteiger partial charge in [-0.3, -0.25) is 30.7 Å². The SMILES string of the molecule is Cc1c(N[C@H](CCO[Si](C)(C)C(C)(C)C)C(=O)NNC(=O)c2ccc(C#N)cc2)ccc(C#N)c1Cl.Cc1c(N[C@H](CCO[Si](C)(C)C(C)(C)C)C(=O)O)ccc(C#N)c1Cl.N#Cc1ccc(C(=O)NN)cc1. The summed E-state index contributed by atoms with van der Waals surface area (Å²) in [5, 5.41) is 52.0. The third kappa shape index (κ3) is 18.6. The van der Waals surface area contributed by atoms with Gasteiger partial charge in [-0.25, -0.2) is 10.6 Å². The topological polar surface area (TPSA) is 288 Å². The fraction of sp³-hybridized carbons (Fsp3) is 0.385. The van der Waals surface area contributed by atoms with Crippen molar-refractivity contribution in [3.63, 3.8) is 0 Å². The van der Waals surface area contributed by atoms with Gasteiger partial charge in [-0.15, -0.1) is 0 Å². The number of rotatable bonds is 16. The molecule has 73 heavy (non-hydrogen) atoms. The number of hydrogen-bond donors (Lipinski definition) is 7. The van der Waals surface area contributed by atoms with Gasteiger partial charge in [0.15, 0.2) is 16.6 Å². The highest BCUT2D eigenvalue weighted by Gasteiger charge is 2.38. The molecule has 0 aliphatic carbocycles. The van der Waals surface area contributed by atoms with Crippen LogP contribution in [0, 0.1) is 59.2 Å². The number of benzene rings is 4. The van der Waals surface area contributed by atoms with Crippen LogP contribution in [0.1, 0.15) is 108 Å². The summed E-state index contributed by atoms with van der Waals surface area (Å²) in [5.41, 5.74) is 11.8. The largest absolute Gasteiger partial charge is 0.480 e. The average Bonchev–Trinajstić information content (AvgIpc) is 3.34. The molecule has 0 aliphatic rings. The fourth-order valence-corrected chi connectivity index (χ4v) is 8.34. The first kappa shape index (κ1) is 62.3. The number of carbonyl (C=O) groups excluding carboxylic acids is 3. The van der Waals surface area contributed by atoms with Crippen LogP contribution in [0.25, 0.3) is 0 Å². The lowest BCUT2D eigenvalue weighted by atomic mass is 10.1. The minimum absolute atomic E-state index is 0.0183. The van der Waals surface area contributed by atoms with E-state index in [4.69, 9.17) is 53.7 Å². The molecule has 0 unspecified atom stereocenters. The molecule has 3 amide bonds. The maximum Gasteiger partial charge on any atom is 0.326 e. The second kappa shape index (κ2) is 27.9. The van der Waals surface area contributed by atoms with Gasteiger partial charge in [-0.05, 0) is 140 Å². The number of hydrogen-bond acceptors (Lipinski definition) is 13. The van der Waals surface area contributed by atoms with Crippen molar-refractivity contribution >= 4 is 74.9 Å². The van der Waals surface area contributed by atoms with Crippen molar-refractivity contribution in [3.05, 3.63) is 127 Å². The van der Waals surface area contributed by atoms with E-state index < -0.39 is 46.5 Å². The Balaban J connectivity index is 0.000000424. The minimum atomic E-state index is -2.03. The van der Waals surface area contributed by atoms with Gasteiger partial charge in [0, 0.05) is 42.1 Å². The maximum absolute atomic E-state index is 13.1. The molecule has 0 saturated heterocycles. The van der Waals surface area contributed by atoms with E-state index in [1.165, 1.54) is 24.3 Å². The number of carboxylic acid groups (broad SMARTS) is 1. The van der Waals surface area contributed by atoms with Crippen LogP contribution < -0.4 is 32.8 Å². The number of carbonyl (C=O) groups is 4. The van der Waals surface area contributed by atoms with Crippen LogP contribution in [0.15, 0.2) is 72.8 Å². The summed E-state index contributed by atoms with van der Waals surface area (Å²) in [6.45, 7) is 25.7. The van der Waals surface area contributed by atoms with Crippen molar-refractivity contribution < 1.29 is 33.1 Å². The molecule has 4 aromatic carbocycles. The second-order valence-electron chi connectivity index (χ2n) is 19.7. The monoisotopic (exact) mass is 1070 g/mol. The van der Waals surface area contributed by atoms with Gasteiger partial charge in [0.25, 0.3) is 17.7 Å².